The summed E-state index contributed by atoms with van der Waals surface area (Å²) < 4.78 is 10.4. The minimum atomic E-state index is -0.419. The molecule has 2 fully saturated rings. The van der Waals surface area contributed by atoms with E-state index >= 15 is 0 Å². The van der Waals surface area contributed by atoms with Gasteiger partial charge in [-0.2, -0.15) is 0 Å². The van der Waals surface area contributed by atoms with Gasteiger partial charge in [-0.25, -0.2) is 0 Å². The van der Waals surface area contributed by atoms with Crippen LogP contribution in [-0.2, 0) is 14.3 Å². The van der Waals surface area contributed by atoms with E-state index in [1.54, 1.807) is 0 Å². The van der Waals surface area contributed by atoms with E-state index in [1.807, 2.05) is 0 Å². The Morgan fingerprint density at radius 2 is 2.47 bits per heavy atom. The lowest BCUT2D eigenvalue weighted by Gasteiger charge is -2.12. The summed E-state index contributed by atoms with van der Waals surface area (Å²) in [7, 11) is 0. The van der Waals surface area contributed by atoms with Gasteiger partial charge in [0.1, 0.15) is 6.04 Å². The van der Waals surface area contributed by atoms with Crippen LogP contribution in [0.1, 0.15) is 12.8 Å². The summed E-state index contributed by atoms with van der Waals surface area (Å²) in [6, 6.07) is -0.331. The number of β-amino-alcohol motifs (C(OH)–C–C–N with tert-alkyl or cyclic N) is 1. The maximum atomic E-state index is 11.5. The largest absolute Gasteiger partial charge is 0.464 e. The summed E-state index contributed by atoms with van der Waals surface area (Å²) >= 11 is 0. The fraction of sp³-hybridized carbons (Fsp3) is 0.900. The number of aliphatic hydroxyl groups excluding tert-OH is 1. The molecule has 0 radical (unpaired) electrons. The first-order chi connectivity index (χ1) is 7.25. The van der Waals surface area contributed by atoms with Crippen LogP contribution in [0.4, 0.5) is 0 Å². The number of hydrogen-bond donors (Lipinski definition) is 2. The third kappa shape index (κ3) is 2.90. The van der Waals surface area contributed by atoms with Gasteiger partial charge in [-0.05, 0) is 6.42 Å². The molecule has 0 aromatic rings. The molecule has 3 unspecified atom stereocenters. The average Bonchev–Trinajstić information content (AvgIpc) is 2.84. The Labute approximate surface area is 88.7 Å². The summed E-state index contributed by atoms with van der Waals surface area (Å²) in [6.07, 6.45) is 1.01. The van der Waals surface area contributed by atoms with Crippen molar-refractivity contribution >= 4 is 5.97 Å². The molecule has 0 aromatic heterocycles. The van der Waals surface area contributed by atoms with Crippen LogP contribution in [0.5, 0.6) is 0 Å². The predicted octanol–water partition coefficient (Wildman–Crippen LogP) is -0.711. The van der Waals surface area contributed by atoms with Crippen LogP contribution in [0.25, 0.3) is 0 Å². The number of esters is 1. The van der Waals surface area contributed by atoms with E-state index in [0.717, 1.165) is 13.0 Å². The molecule has 2 aliphatic rings. The van der Waals surface area contributed by atoms with Crippen LogP contribution in [-0.4, -0.2) is 49.6 Å². The van der Waals surface area contributed by atoms with Crippen molar-refractivity contribution in [1.29, 1.82) is 0 Å². The molecular weight excluding hydrogens is 198 g/mol. The maximum absolute atomic E-state index is 11.5. The van der Waals surface area contributed by atoms with E-state index in [-0.39, 0.29) is 12.0 Å². The van der Waals surface area contributed by atoms with Gasteiger partial charge in [-0.15, -0.1) is 0 Å². The van der Waals surface area contributed by atoms with Gasteiger partial charge < -0.3 is 19.9 Å². The van der Waals surface area contributed by atoms with Crippen molar-refractivity contribution in [2.75, 3.05) is 26.4 Å². The molecule has 0 saturated carbocycles. The van der Waals surface area contributed by atoms with E-state index < -0.39 is 6.10 Å². The highest BCUT2D eigenvalue weighted by Gasteiger charge is 2.30. The maximum Gasteiger partial charge on any atom is 0.323 e. The highest BCUT2D eigenvalue weighted by Crippen LogP contribution is 2.14. The summed E-state index contributed by atoms with van der Waals surface area (Å²) in [5, 5.41) is 12.2. The minimum Gasteiger partial charge on any atom is -0.464 e. The van der Waals surface area contributed by atoms with Gasteiger partial charge in [0.2, 0.25) is 0 Å². The lowest BCUT2D eigenvalue weighted by atomic mass is 10.1. The standard InChI is InChI=1S/C10H17NO4/c12-8-3-9(11-4-8)10(13)15-6-7-1-2-14-5-7/h7-9,11-12H,1-6H2. The fourth-order valence-corrected chi connectivity index (χ4v) is 1.91. The Morgan fingerprint density at radius 1 is 1.60 bits per heavy atom. The van der Waals surface area contributed by atoms with Gasteiger partial charge in [0, 0.05) is 25.5 Å². The topological polar surface area (TPSA) is 67.8 Å². The van der Waals surface area contributed by atoms with E-state index in [2.05, 4.69) is 5.32 Å². The summed E-state index contributed by atoms with van der Waals surface area (Å²) in [5.41, 5.74) is 0. The normalized spacial score (nSPS) is 35.7. The third-order valence-electron chi connectivity index (χ3n) is 2.88. The lowest BCUT2D eigenvalue weighted by Crippen LogP contribution is -2.33. The van der Waals surface area contributed by atoms with E-state index in [0.29, 0.717) is 32.1 Å². The number of ether oxygens (including phenoxy) is 2. The third-order valence-corrected chi connectivity index (χ3v) is 2.88. The van der Waals surface area contributed by atoms with Gasteiger partial charge in [-0.1, -0.05) is 0 Å². The summed E-state index contributed by atoms with van der Waals surface area (Å²) in [5.74, 6) is 0.0960. The number of carbonyl (C=O) groups excluding carboxylic acids is 1. The highest BCUT2D eigenvalue weighted by atomic mass is 16.5. The SMILES string of the molecule is O=C(OCC1CCOC1)C1CC(O)CN1. The van der Waals surface area contributed by atoms with Gasteiger partial charge in [0.15, 0.2) is 0 Å². The van der Waals surface area contributed by atoms with Crippen molar-refractivity contribution in [3.63, 3.8) is 0 Å². The second-order valence-electron chi connectivity index (χ2n) is 4.21. The molecule has 3 atom stereocenters. The fourth-order valence-electron chi connectivity index (χ4n) is 1.91. The van der Waals surface area contributed by atoms with Crippen molar-refractivity contribution in [1.82, 2.24) is 5.32 Å². The Bertz CT molecular complexity index is 227. The molecule has 2 rings (SSSR count). The van der Waals surface area contributed by atoms with Crippen molar-refractivity contribution in [3.8, 4) is 0 Å². The molecular formula is C10H17NO4. The van der Waals surface area contributed by atoms with Crippen molar-refractivity contribution in [3.05, 3.63) is 0 Å². The average molecular weight is 215 g/mol. The highest BCUT2D eigenvalue weighted by molar-refractivity contribution is 5.76. The van der Waals surface area contributed by atoms with Gasteiger partial charge >= 0.3 is 5.97 Å². The van der Waals surface area contributed by atoms with Gasteiger partial charge in [0.05, 0.1) is 19.3 Å². The monoisotopic (exact) mass is 215 g/mol. The molecule has 0 aliphatic carbocycles. The van der Waals surface area contributed by atoms with Crippen LogP contribution in [0.2, 0.25) is 0 Å². The van der Waals surface area contributed by atoms with Crippen molar-refractivity contribution in [2.24, 2.45) is 5.92 Å². The van der Waals surface area contributed by atoms with Gasteiger partial charge in [-0.3, -0.25) is 4.79 Å². The van der Waals surface area contributed by atoms with Crippen molar-refractivity contribution in [2.45, 2.75) is 25.0 Å². The Hall–Kier alpha value is -0.650. The quantitative estimate of drug-likeness (QED) is 0.609. The summed E-state index contributed by atoms with van der Waals surface area (Å²) in [6.45, 7) is 2.37. The molecule has 0 spiro atoms. The first kappa shape index (κ1) is 10.9. The molecule has 86 valence electrons. The molecule has 2 saturated heterocycles. The van der Waals surface area contributed by atoms with E-state index in [1.165, 1.54) is 0 Å². The molecule has 5 nitrogen and oxygen atoms in total. The second-order valence-corrected chi connectivity index (χ2v) is 4.21. The molecule has 0 aromatic carbocycles. The number of hydrogen-bond acceptors (Lipinski definition) is 5. The van der Waals surface area contributed by atoms with E-state index in [9.17, 15) is 9.90 Å². The first-order valence-electron chi connectivity index (χ1n) is 5.41. The number of nitrogens with one attached hydrogen (secondary N) is 1. The molecule has 2 aliphatic heterocycles. The Kier molecular flexibility index (Phi) is 3.56. The second kappa shape index (κ2) is 4.92. The van der Waals surface area contributed by atoms with Crippen LogP contribution < -0.4 is 5.32 Å². The minimum absolute atomic E-state index is 0.251. The van der Waals surface area contributed by atoms with Crippen LogP contribution in [0.3, 0.4) is 0 Å². The van der Waals surface area contributed by atoms with Gasteiger partial charge in [0.25, 0.3) is 0 Å². The van der Waals surface area contributed by atoms with Crippen molar-refractivity contribution < 1.29 is 19.4 Å². The molecule has 0 bridgehead atoms. The van der Waals surface area contributed by atoms with Crippen LogP contribution in [0.15, 0.2) is 0 Å². The van der Waals surface area contributed by atoms with Crippen LogP contribution >= 0.6 is 0 Å². The first-order valence-corrected chi connectivity index (χ1v) is 5.41. The molecule has 2 heterocycles. The smallest absolute Gasteiger partial charge is 0.323 e. The molecule has 0 amide bonds. The Morgan fingerprint density at radius 3 is 3.07 bits per heavy atom. The number of aliphatic hydroxyl groups is 1. The molecule has 2 N–H and O–H groups in total. The lowest BCUT2D eigenvalue weighted by molar-refractivity contribution is -0.147. The number of carbonyl (C=O) groups is 1. The Balaban J connectivity index is 1.67. The predicted molar refractivity (Wildman–Crippen MR) is 52.3 cm³/mol. The summed E-state index contributed by atoms with van der Waals surface area (Å²) in [4.78, 5) is 11.5. The van der Waals surface area contributed by atoms with Crippen LogP contribution in [0, 0.1) is 5.92 Å². The zero-order valence-corrected chi connectivity index (χ0v) is 8.65. The number of rotatable bonds is 3. The molecule has 15 heavy (non-hydrogen) atoms. The molecule has 5 heteroatoms. The van der Waals surface area contributed by atoms with E-state index in [4.69, 9.17) is 9.47 Å². The zero-order chi connectivity index (χ0) is 10.7. The zero-order valence-electron chi connectivity index (χ0n) is 8.65.